The number of aliphatic hydroxyl groups is 1. The Kier molecular flexibility index (Phi) is 2.57. The monoisotopic (exact) mass is 119 g/mol. The van der Waals surface area contributed by atoms with Gasteiger partial charge in [0.1, 0.15) is 0 Å². The molecule has 0 atom stereocenters. The third-order valence-electron chi connectivity index (χ3n) is 0.397. The first-order valence-corrected chi connectivity index (χ1v) is 1.76. The van der Waals surface area contributed by atoms with Crippen LogP contribution >= 0.6 is 0 Å². The lowest BCUT2D eigenvalue weighted by Gasteiger charge is -1.92. The van der Waals surface area contributed by atoms with E-state index in [4.69, 9.17) is 5.11 Å². The molecule has 5 heteroatoms. The predicted molar refractivity (Wildman–Crippen MR) is 22.4 cm³/mol. The van der Waals surface area contributed by atoms with Gasteiger partial charge in [-0.3, -0.25) is 4.79 Å². The van der Waals surface area contributed by atoms with E-state index in [9.17, 15) is 9.59 Å². The molecule has 0 bridgehead atoms. The molecule has 5 nitrogen and oxygen atoms in total. The lowest BCUT2D eigenvalue weighted by Crippen LogP contribution is -2.25. The molecule has 3 N–H and O–H groups in total. The fourth-order valence-electron chi connectivity index (χ4n) is 0.130. The number of hydrogen-bond acceptors (Lipinski definition) is 4. The van der Waals surface area contributed by atoms with Crippen molar-refractivity contribution in [3.8, 4) is 0 Å². The molecular formula is C3H5NO4. The van der Waals surface area contributed by atoms with Gasteiger partial charge in [-0.05, 0) is 0 Å². The summed E-state index contributed by atoms with van der Waals surface area (Å²) in [5.41, 5.74) is 4.40. The van der Waals surface area contributed by atoms with Crippen molar-refractivity contribution in [3.63, 3.8) is 0 Å². The summed E-state index contributed by atoms with van der Waals surface area (Å²) in [6, 6.07) is 0. The van der Waals surface area contributed by atoms with E-state index in [-0.39, 0.29) is 0 Å². The van der Waals surface area contributed by atoms with E-state index in [1.54, 1.807) is 0 Å². The summed E-state index contributed by atoms with van der Waals surface area (Å²) in [5, 5.41) is 7.83. The third kappa shape index (κ3) is 2.14. The van der Waals surface area contributed by atoms with Crippen molar-refractivity contribution in [1.29, 1.82) is 0 Å². The predicted octanol–water partition coefficient (Wildman–Crippen LogP) is -2.04. The number of primary amides is 1. The molecule has 0 unspecified atom stereocenters. The topological polar surface area (TPSA) is 89.6 Å². The summed E-state index contributed by atoms with van der Waals surface area (Å²) in [6.45, 7) is -0.818. The van der Waals surface area contributed by atoms with E-state index in [1.165, 1.54) is 0 Å². The second-order valence-electron chi connectivity index (χ2n) is 0.925. The maximum Gasteiger partial charge on any atom is 0.398 e. The number of ether oxygens (including phenoxy) is 1. The Balaban J connectivity index is 3.49. The average molecular weight is 119 g/mol. The van der Waals surface area contributed by atoms with Crippen LogP contribution in [0.2, 0.25) is 0 Å². The van der Waals surface area contributed by atoms with E-state index in [0.29, 0.717) is 0 Å². The van der Waals surface area contributed by atoms with Crippen molar-refractivity contribution in [2.45, 2.75) is 0 Å². The summed E-state index contributed by atoms with van der Waals surface area (Å²) >= 11 is 0. The summed E-state index contributed by atoms with van der Waals surface area (Å²) < 4.78 is 3.75. The van der Waals surface area contributed by atoms with Crippen LogP contribution in [-0.4, -0.2) is 23.8 Å². The van der Waals surface area contributed by atoms with Gasteiger partial charge in [0.15, 0.2) is 6.79 Å². The minimum atomic E-state index is -1.23. The van der Waals surface area contributed by atoms with Gasteiger partial charge in [-0.25, -0.2) is 4.79 Å². The third-order valence-corrected chi connectivity index (χ3v) is 0.397. The quantitative estimate of drug-likeness (QED) is 0.236. The van der Waals surface area contributed by atoms with Crippen molar-refractivity contribution in [2.75, 3.05) is 6.79 Å². The average Bonchev–Trinajstić information content (AvgIpc) is 1.67. The maximum atomic E-state index is 9.89. The van der Waals surface area contributed by atoms with Crippen LogP contribution in [0.3, 0.4) is 0 Å². The van der Waals surface area contributed by atoms with Gasteiger partial charge in [-0.15, -0.1) is 0 Å². The Morgan fingerprint density at radius 1 is 1.62 bits per heavy atom. The fourth-order valence-corrected chi connectivity index (χ4v) is 0.130. The van der Waals surface area contributed by atoms with Crippen LogP contribution in [0.15, 0.2) is 0 Å². The molecule has 0 saturated heterocycles. The second-order valence-corrected chi connectivity index (χ2v) is 0.925. The lowest BCUT2D eigenvalue weighted by molar-refractivity contribution is -0.159. The van der Waals surface area contributed by atoms with E-state index >= 15 is 0 Å². The molecule has 0 aliphatic carbocycles. The summed E-state index contributed by atoms with van der Waals surface area (Å²) in [6.07, 6.45) is 0. The molecule has 0 fully saturated rings. The molecule has 0 spiro atoms. The Morgan fingerprint density at radius 2 is 2.12 bits per heavy atom. The van der Waals surface area contributed by atoms with E-state index in [1.807, 2.05) is 0 Å². The minimum Gasteiger partial charge on any atom is -0.432 e. The largest absolute Gasteiger partial charge is 0.432 e. The number of hydrogen-bond donors (Lipinski definition) is 2. The first kappa shape index (κ1) is 6.90. The van der Waals surface area contributed by atoms with Crippen molar-refractivity contribution in [2.24, 2.45) is 5.73 Å². The fraction of sp³-hybridized carbons (Fsp3) is 0.333. The molecular weight excluding hydrogens is 114 g/mol. The number of esters is 1. The Bertz CT molecular complexity index is 110. The van der Waals surface area contributed by atoms with Gasteiger partial charge in [0.25, 0.3) is 0 Å². The highest BCUT2D eigenvalue weighted by Gasteiger charge is 2.07. The Hall–Kier alpha value is -1.10. The van der Waals surface area contributed by atoms with Crippen molar-refractivity contribution in [1.82, 2.24) is 0 Å². The highest BCUT2D eigenvalue weighted by atomic mass is 16.6. The van der Waals surface area contributed by atoms with Crippen LogP contribution in [0.4, 0.5) is 0 Å². The van der Waals surface area contributed by atoms with Crippen molar-refractivity contribution >= 4 is 11.9 Å². The smallest absolute Gasteiger partial charge is 0.398 e. The number of carbonyl (C=O) groups excluding carboxylic acids is 2. The first-order valence-electron chi connectivity index (χ1n) is 1.76. The number of aliphatic hydroxyl groups excluding tert-OH is 1. The highest BCUT2D eigenvalue weighted by molar-refractivity contribution is 6.31. The molecule has 0 aromatic rings. The van der Waals surface area contributed by atoms with Crippen molar-refractivity contribution < 1.29 is 19.4 Å². The number of amides is 1. The molecule has 8 heavy (non-hydrogen) atoms. The van der Waals surface area contributed by atoms with Crippen LogP contribution < -0.4 is 5.73 Å². The Morgan fingerprint density at radius 3 is 2.25 bits per heavy atom. The molecule has 0 rings (SSSR count). The molecule has 0 aliphatic rings. The second kappa shape index (κ2) is 2.98. The molecule has 0 heterocycles. The molecule has 0 saturated carbocycles. The minimum absolute atomic E-state index is 0.818. The van der Waals surface area contributed by atoms with Crippen LogP contribution in [0, 0.1) is 0 Å². The molecule has 0 aromatic heterocycles. The van der Waals surface area contributed by atoms with Gasteiger partial charge in [-0.2, -0.15) is 0 Å². The number of carbonyl (C=O) groups is 2. The molecule has 0 aliphatic heterocycles. The van der Waals surface area contributed by atoms with E-state index in [2.05, 4.69) is 10.5 Å². The lowest BCUT2D eigenvalue weighted by atomic mass is 10.7. The highest BCUT2D eigenvalue weighted by Crippen LogP contribution is 1.70. The molecule has 0 aromatic carbocycles. The van der Waals surface area contributed by atoms with Crippen LogP contribution in [-0.2, 0) is 14.3 Å². The SMILES string of the molecule is NC(=O)C(=O)OCO. The maximum absolute atomic E-state index is 9.89. The standard InChI is InChI=1S/C3H5NO4/c4-2(6)3(7)8-1-5/h5H,1H2,(H2,4,6). The number of nitrogens with two attached hydrogens (primary N) is 1. The van der Waals surface area contributed by atoms with Gasteiger partial charge >= 0.3 is 11.9 Å². The van der Waals surface area contributed by atoms with Gasteiger partial charge in [0.2, 0.25) is 0 Å². The first-order chi connectivity index (χ1) is 3.68. The van der Waals surface area contributed by atoms with E-state index in [0.717, 1.165) is 0 Å². The Labute approximate surface area is 45.0 Å². The van der Waals surface area contributed by atoms with E-state index < -0.39 is 18.7 Å². The zero-order valence-corrected chi connectivity index (χ0v) is 3.96. The van der Waals surface area contributed by atoms with Gasteiger partial charge < -0.3 is 15.6 Å². The molecule has 46 valence electrons. The summed E-state index contributed by atoms with van der Waals surface area (Å²) in [7, 11) is 0. The zero-order chi connectivity index (χ0) is 6.57. The van der Waals surface area contributed by atoms with Gasteiger partial charge in [0, 0.05) is 0 Å². The normalized spacial score (nSPS) is 8.12. The van der Waals surface area contributed by atoms with Crippen LogP contribution in [0.25, 0.3) is 0 Å². The van der Waals surface area contributed by atoms with Gasteiger partial charge in [0.05, 0.1) is 0 Å². The van der Waals surface area contributed by atoms with Crippen molar-refractivity contribution in [3.05, 3.63) is 0 Å². The molecule has 1 amide bonds. The van der Waals surface area contributed by atoms with Crippen LogP contribution in [0.1, 0.15) is 0 Å². The summed E-state index contributed by atoms with van der Waals surface area (Å²) in [4.78, 5) is 19.6. The van der Waals surface area contributed by atoms with Gasteiger partial charge in [-0.1, -0.05) is 0 Å². The van der Waals surface area contributed by atoms with Crippen LogP contribution in [0.5, 0.6) is 0 Å². The summed E-state index contributed by atoms with van der Waals surface area (Å²) in [5.74, 6) is -2.44. The molecule has 0 radical (unpaired) electrons. The zero-order valence-electron chi connectivity index (χ0n) is 3.96. The number of rotatable bonds is 1.